The number of hydrogen-bond donors (Lipinski definition) is 2. The van der Waals surface area contributed by atoms with Crippen LogP contribution in [0.3, 0.4) is 0 Å². The van der Waals surface area contributed by atoms with Crippen molar-refractivity contribution in [1.82, 2.24) is 10.3 Å². The first-order valence-corrected chi connectivity index (χ1v) is 6.90. The Kier molecular flexibility index (Phi) is 5.11. The number of nitrogens with one attached hydrogen (secondary N) is 2. The van der Waals surface area contributed by atoms with Crippen molar-refractivity contribution in [3.8, 4) is 0 Å². The van der Waals surface area contributed by atoms with Crippen LogP contribution in [0.2, 0.25) is 5.02 Å². The number of hydrogen-bond acceptors (Lipinski definition) is 3. The lowest BCUT2D eigenvalue weighted by atomic mass is 10.2. The van der Waals surface area contributed by atoms with Crippen molar-refractivity contribution in [1.29, 1.82) is 0 Å². The van der Waals surface area contributed by atoms with E-state index in [4.69, 9.17) is 11.6 Å². The van der Waals surface area contributed by atoms with Gasteiger partial charge >= 0.3 is 0 Å². The molecule has 1 aromatic heterocycles. The van der Waals surface area contributed by atoms with Crippen molar-refractivity contribution in [3.05, 3.63) is 58.6 Å². The first kappa shape index (κ1) is 15.3. The monoisotopic (exact) mass is 307 g/mol. The predicted octanol–water partition coefficient (Wildman–Crippen LogP) is 3.24. The molecule has 0 aliphatic rings. The molecule has 0 fully saturated rings. The van der Waals surface area contributed by atoms with Gasteiger partial charge in [0.2, 0.25) is 0 Å². The van der Waals surface area contributed by atoms with Gasteiger partial charge in [-0.05, 0) is 36.8 Å². The van der Waals surface area contributed by atoms with Gasteiger partial charge in [0.1, 0.15) is 11.5 Å². The number of amides is 1. The number of halogens is 2. The van der Waals surface area contributed by atoms with E-state index < -0.39 is 5.82 Å². The van der Waals surface area contributed by atoms with Gasteiger partial charge in [-0.2, -0.15) is 0 Å². The average Bonchev–Trinajstić information content (AvgIpc) is 2.49. The average molecular weight is 308 g/mol. The summed E-state index contributed by atoms with van der Waals surface area (Å²) < 4.78 is 13.0. The number of carbonyl (C=O) groups excluding carboxylic acids is 1. The van der Waals surface area contributed by atoms with E-state index >= 15 is 0 Å². The van der Waals surface area contributed by atoms with E-state index in [1.807, 2.05) is 6.92 Å². The summed E-state index contributed by atoms with van der Waals surface area (Å²) in [5, 5.41) is 5.87. The molecule has 2 N–H and O–H groups in total. The summed E-state index contributed by atoms with van der Waals surface area (Å²) in [7, 11) is 0. The Balaban J connectivity index is 2.01. The number of nitrogens with zero attached hydrogens (tertiary/aromatic N) is 1. The molecule has 2 aromatic rings. The molecule has 0 radical (unpaired) electrons. The van der Waals surface area contributed by atoms with E-state index in [1.54, 1.807) is 24.4 Å². The van der Waals surface area contributed by atoms with Crippen LogP contribution in [0.25, 0.3) is 0 Å². The highest BCUT2D eigenvalue weighted by Gasteiger charge is 2.08. The van der Waals surface area contributed by atoms with Crippen LogP contribution in [0.15, 0.2) is 36.5 Å². The van der Waals surface area contributed by atoms with Crippen LogP contribution in [0.4, 0.5) is 10.1 Å². The van der Waals surface area contributed by atoms with Crippen molar-refractivity contribution >= 4 is 23.2 Å². The fourth-order valence-electron chi connectivity index (χ4n) is 1.79. The maximum absolute atomic E-state index is 13.0. The molecule has 4 nitrogen and oxygen atoms in total. The number of carbonyl (C=O) groups is 1. The highest BCUT2D eigenvalue weighted by atomic mass is 35.5. The van der Waals surface area contributed by atoms with Gasteiger partial charge in [0.15, 0.2) is 0 Å². The van der Waals surface area contributed by atoms with Crippen LogP contribution in [-0.4, -0.2) is 17.4 Å². The molecule has 0 unspecified atom stereocenters. The standard InChI is InChI=1S/C15H15ClFN3O/c1-2-18-11-5-6-19-14(8-11)15(21)20-9-10-3-4-13(17)12(16)7-10/h3-8H,2,9H2,1H3,(H,18,19)(H,20,21). The van der Waals surface area contributed by atoms with Crippen molar-refractivity contribution in [3.63, 3.8) is 0 Å². The second-order valence-corrected chi connectivity index (χ2v) is 4.80. The van der Waals surface area contributed by atoms with Gasteiger partial charge in [-0.3, -0.25) is 9.78 Å². The van der Waals surface area contributed by atoms with Crippen LogP contribution in [0.5, 0.6) is 0 Å². The number of benzene rings is 1. The van der Waals surface area contributed by atoms with Gasteiger partial charge in [0, 0.05) is 25.0 Å². The molecule has 0 aliphatic carbocycles. The van der Waals surface area contributed by atoms with Gasteiger partial charge < -0.3 is 10.6 Å². The van der Waals surface area contributed by atoms with E-state index in [1.165, 1.54) is 12.1 Å². The van der Waals surface area contributed by atoms with Gasteiger partial charge in [0.05, 0.1) is 5.02 Å². The highest BCUT2D eigenvalue weighted by Crippen LogP contribution is 2.16. The van der Waals surface area contributed by atoms with Gasteiger partial charge in [-0.25, -0.2) is 4.39 Å². The molecule has 0 spiro atoms. The van der Waals surface area contributed by atoms with Crippen LogP contribution >= 0.6 is 11.6 Å². The van der Waals surface area contributed by atoms with E-state index in [0.717, 1.165) is 17.8 Å². The third-order valence-electron chi connectivity index (χ3n) is 2.81. The molecule has 1 aromatic carbocycles. The van der Waals surface area contributed by atoms with Crippen LogP contribution in [-0.2, 0) is 6.54 Å². The summed E-state index contributed by atoms with van der Waals surface area (Å²) in [6.07, 6.45) is 1.57. The summed E-state index contributed by atoms with van der Waals surface area (Å²) in [6, 6.07) is 7.80. The summed E-state index contributed by atoms with van der Waals surface area (Å²) in [4.78, 5) is 16.0. The second kappa shape index (κ2) is 7.04. The van der Waals surface area contributed by atoms with E-state index in [9.17, 15) is 9.18 Å². The van der Waals surface area contributed by atoms with Gasteiger partial charge in [-0.1, -0.05) is 17.7 Å². The molecule has 21 heavy (non-hydrogen) atoms. The van der Waals surface area contributed by atoms with Crippen molar-refractivity contribution in [2.75, 3.05) is 11.9 Å². The molecule has 0 aliphatic heterocycles. The Labute approximate surface area is 127 Å². The number of rotatable bonds is 5. The van der Waals surface area contributed by atoms with E-state index in [-0.39, 0.29) is 17.5 Å². The van der Waals surface area contributed by atoms with Gasteiger partial charge in [0.25, 0.3) is 5.91 Å². The molecule has 1 heterocycles. The Hall–Kier alpha value is -2.14. The Morgan fingerprint density at radius 3 is 2.86 bits per heavy atom. The topological polar surface area (TPSA) is 54.0 Å². The summed E-state index contributed by atoms with van der Waals surface area (Å²) in [5.74, 6) is -0.776. The van der Waals surface area contributed by atoms with Crippen LogP contribution in [0, 0.1) is 5.82 Å². The second-order valence-electron chi connectivity index (χ2n) is 4.39. The lowest BCUT2D eigenvalue weighted by molar-refractivity contribution is 0.0946. The molecule has 0 saturated heterocycles. The lowest BCUT2D eigenvalue weighted by Gasteiger charge is -2.07. The van der Waals surface area contributed by atoms with Crippen molar-refractivity contribution in [2.24, 2.45) is 0 Å². The molecule has 0 atom stereocenters. The maximum atomic E-state index is 13.0. The maximum Gasteiger partial charge on any atom is 0.270 e. The number of aromatic nitrogens is 1. The molecule has 0 bridgehead atoms. The molecule has 6 heteroatoms. The first-order valence-electron chi connectivity index (χ1n) is 6.52. The summed E-state index contributed by atoms with van der Waals surface area (Å²) in [6.45, 7) is 2.99. The normalized spacial score (nSPS) is 10.2. The zero-order chi connectivity index (χ0) is 15.2. The SMILES string of the molecule is CCNc1ccnc(C(=O)NCc2ccc(F)c(Cl)c2)c1. The fraction of sp³-hybridized carbons (Fsp3) is 0.200. The third-order valence-corrected chi connectivity index (χ3v) is 3.10. The van der Waals surface area contributed by atoms with Crippen molar-refractivity contribution in [2.45, 2.75) is 13.5 Å². The smallest absolute Gasteiger partial charge is 0.270 e. The first-order chi connectivity index (χ1) is 10.1. The minimum Gasteiger partial charge on any atom is -0.385 e. The minimum absolute atomic E-state index is 0.0361. The quantitative estimate of drug-likeness (QED) is 0.891. The third kappa shape index (κ3) is 4.16. The Morgan fingerprint density at radius 1 is 1.33 bits per heavy atom. The fourth-order valence-corrected chi connectivity index (χ4v) is 1.99. The van der Waals surface area contributed by atoms with Gasteiger partial charge in [-0.15, -0.1) is 0 Å². The lowest BCUT2D eigenvalue weighted by Crippen LogP contribution is -2.23. The molecule has 1 amide bonds. The van der Waals surface area contributed by atoms with E-state index in [2.05, 4.69) is 15.6 Å². The number of anilines is 1. The van der Waals surface area contributed by atoms with E-state index in [0.29, 0.717) is 5.69 Å². The van der Waals surface area contributed by atoms with Crippen molar-refractivity contribution < 1.29 is 9.18 Å². The summed E-state index contributed by atoms with van der Waals surface area (Å²) >= 11 is 5.69. The molecular weight excluding hydrogens is 293 g/mol. The Morgan fingerprint density at radius 2 is 2.14 bits per heavy atom. The van der Waals surface area contributed by atoms with Crippen LogP contribution in [0.1, 0.15) is 23.0 Å². The minimum atomic E-state index is -0.480. The molecular formula is C15H15ClFN3O. The zero-order valence-corrected chi connectivity index (χ0v) is 12.2. The summed E-state index contributed by atoms with van der Waals surface area (Å²) in [5.41, 5.74) is 1.88. The Bertz CT molecular complexity index is 649. The zero-order valence-electron chi connectivity index (χ0n) is 11.5. The predicted molar refractivity (Wildman–Crippen MR) is 81.0 cm³/mol. The molecule has 0 saturated carbocycles. The number of pyridine rings is 1. The largest absolute Gasteiger partial charge is 0.385 e. The highest BCUT2D eigenvalue weighted by molar-refractivity contribution is 6.30. The van der Waals surface area contributed by atoms with Crippen LogP contribution < -0.4 is 10.6 Å². The molecule has 110 valence electrons. The molecule has 2 rings (SSSR count).